The smallest absolute Gasteiger partial charge is 0.242 e. The maximum absolute atomic E-state index is 12.5. The fourth-order valence-corrected chi connectivity index (χ4v) is 3.25. The molecule has 0 bridgehead atoms. The zero-order valence-electron chi connectivity index (χ0n) is 12.1. The van der Waals surface area contributed by atoms with Crippen molar-refractivity contribution < 1.29 is 9.53 Å². The molecule has 1 aromatic carbocycles. The summed E-state index contributed by atoms with van der Waals surface area (Å²) in [6.07, 6.45) is 3.80. The van der Waals surface area contributed by atoms with Crippen LogP contribution in [-0.4, -0.2) is 37.7 Å². The van der Waals surface area contributed by atoms with Gasteiger partial charge in [-0.25, -0.2) is 0 Å². The van der Waals surface area contributed by atoms with E-state index in [2.05, 4.69) is 10.2 Å². The molecular weight excluding hydrogens is 288 g/mol. The zero-order chi connectivity index (χ0) is 14.7. The summed E-state index contributed by atoms with van der Waals surface area (Å²) in [7, 11) is 0. The van der Waals surface area contributed by atoms with Gasteiger partial charge in [0, 0.05) is 36.5 Å². The van der Waals surface area contributed by atoms with E-state index >= 15 is 0 Å². The Balaban J connectivity index is 1.65. The highest BCUT2D eigenvalue weighted by Gasteiger charge is 2.32. The number of ether oxygens (including phenoxy) is 1. The molecule has 21 heavy (non-hydrogen) atoms. The highest BCUT2D eigenvalue weighted by molar-refractivity contribution is 6.30. The summed E-state index contributed by atoms with van der Waals surface area (Å²) in [5.74, 6) is 0.148. The Kier molecular flexibility index (Phi) is 4.66. The van der Waals surface area contributed by atoms with Crippen LogP contribution in [0.5, 0.6) is 0 Å². The Labute approximate surface area is 130 Å². The Morgan fingerprint density at radius 2 is 1.90 bits per heavy atom. The maximum Gasteiger partial charge on any atom is 0.242 e. The van der Waals surface area contributed by atoms with E-state index < -0.39 is 0 Å². The lowest BCUT2D eigenvalue weighted by Gasteiger charge is -2.29. The minimum Gasteiger partial charge on any atom is -0.381 e. The number of carbonyl (C=O) groups excluding carboxylic acids is 1. The van der Waals surface area contributed by atoms with Crippen LogP contribution in [0.1, 0.15) is 25.7 Å². The third-order valence-corrected chi connectivity index (χ3v) is 4.53. The van der Waals surface area contributed by atoms with Gasteiger partial charge in [-0.3, -0.25) is 4.79 Å². The maximum atomic E-state index is 12.5. The molecule has 114 valence electrons. The molecule has 1 N–H and O–H groups in total. The molecule has 2 aliphatic rings. The Bertz CT molecular complexity index is 486. The third kappa shape index (κ3) is 3.50. The van der Waals surface area contributed by atoms with Gasteiger partial charge in [0.1, 0.15) is 6.04 Å². The molecule has 2 saturated heterocycles. The van der Waals surface area contributed by atoms with Crippen LogP contribution in [0.4, 0.5) is 5.69 Å². The van der Waals surface area contributed by atoms with E-state index in [-0.39, 0.29) is 18.0 Å². The van der Waals surface area contributed by atoms with Crippen LogP contribution in [0.2, 0.25) is 5.02 Å². The number of nitrogens with one attached hydrogen (secondary N) is 1. The molecule has 0 aromatic heterocycles. The molecule has 2 aliphatic heterocycles. The minimum absolute atomic E-state index is 0.0611. The molecule has 2 fully saturated rings. The first-order valence-corrected chi connectivity index (χ1v) is 8.02. The molecule has 0 saturated carbocycles. The Hall–Kier alpha value is -1.26. The minimum atomic E-state index is -0.0611. The van der Waals surface area contributed by atoms with Crippen LogP contribution in [0.15, 0.2) is 24.3 Å². The van der Waals surface area contributed by atoms with Gasteiger partial charge in [-0.2, -0.15) is 0 Å². The second kappa shape index (κ2) is 6.67. The number of rotatable bonds is 3. The average molecular weight is 309 g/mol. The van der Waals surface area contributed by atoms with E-state index in [1.165, 1.54) is 0 Å². The number of carbonyl (C=O) groups is 1. The molecule has 1 aromatic rings. The van der Waals surface area contributed by atoms with Crippen molar-refractivity contribution in [1.82, 2.24) is 5.32 Å². The summed E-state index contributed by atoms with van der Waals surface area (Å²) in [6.45, 7) is 2.42. The van der Waals surface area contributed by atoms with Crippen LogP contribution >= 0.6 is 11.6 Å². The number of nitrogens with zero attached hydrogens (tertiary/aromatic N) is 1. The fraction of sp³-hybridized carbons (Fsp3) is 0.562. The number of hydrogen-bond donors (Lipinski definition) is 1. The molecule has 1 atom stereocenters. The van der Waals surface area contributed by atoms with Crippen molar-refractivity contribution in [2.75, 3.05) is 24.7 Å². The predicted molar refractivity (Wildman–Crippen MR) is 83.8 cm³/mol. The summed E-state index contributed by atoms with van der Waals surface area (Å²) in [5.41, 5.74) is 1.07. The van der Waals surface area contributed by atoms with Crippen molar-refractivity contribution in [3.8, 4) is 0 Å². The van der Waals surface area contributed by atoms with Gasteiger partial charge in [0.25, 0.3) is 0 Å². The van der Waals surface area contributed by atoms with E-state index in [9.17, 15) is 4.79 Å². The van der Waals surface area contributed by atoms with E-state index in [0.29, 0.717) is 0 Å². The van der Waals surface area contributed by atoms with Crippen molar-refractivity contribution in [2.45, 2.75) is 37.8 Å². The van der Waals surface area contributed by atoms with Gasteiger partial charge >= 0.3 is 0 Å². The number of anilines is 1. The van der Waals surface area contributed by atoms with E-state index in [0.717, 1.165) is 56.2 Å². The first-order valence-electron chi connectivity index (χ1n) is 7.64. The molecule has 4 nitrogen and oxygen atoms in total. The van der Waals surface area contributed by atoms with Crippen LogP contribution in [0.3, 0.4) is 0 Å². The molecule has 0 aliphatic carbocycles. The van der Waals surface area contributed by atoms with Crippen LogP contribution in [-0.2, 0) is 9.53 Å². The molecule has 0 radical (unpaired) electrons. The van der Waals surface area contributed by atoms with Crippen molar-refractivity contribution >= 4 is 23.2 Å². The monoisotopic (exact) mass is 308 g/mol. The SMILES string of the molecule is O=C(NC1CCOCC1)C1CCCN1c1ccc(Cl)cc1. The zero-order valence-corrected chi connectivity index (χ0v) is 12.8. The number of halogens is 1. The van der Waals surface area contributed by atoms with E-state index in [1.54, 1.807) is 0 Å². The van der Waals surface area contributed by atoms with Gasteiger partial charge in [-0.15, -0.1) is 0 Å². The predicted octanol–water partition coefficient (Wildman–Crippen LogP) is 2.60. The quantitative estimate of drug-likeness (QED) is 0.933. The summed E-state index contributed by atoms with van der Waals surface area (Å²) in [5, 5.41) is 3.91. The van der Waals surface area contributed by atoms with Crippen LogP contribution < -0.4 is 10.2 Å². The van der Waals surface area contributed by atoms with Gasteiger partial charge in [0.2, 0.25) is 5.91 Å². The first kappa shape index (κ1) is 14.7. The summed E-state index contributed by atoms with van der Waals surface area (Å²) in [6, 6.07) is 7.93. The molecule has 3 rings (SSSR count). The van der Waals surface area contributed by atoms with Gasteiger partial charge in [0.15, 0.2) is 0 Å². The summed E-state index contributed by atoms with van der Waals surface area (Å²) in [4.78, 5) is 14.7. The molecule has 5 heteroatoms. The number of amides is 1. The molecule has 1 amide bonds. The standard InChI is InChI=1S/C16H21ClN2O2/c17-12-3-5-14(6-4-12)19-9-1-2-15(19)16(20)18-13-7-10-21-11-8-13/h3-6,13,15H,1-2,7-11H2,(H,18,20). The van der Waals surface area contributed by atoms with E-state index in [4.69, 9.17) is 16.3 Å². The second-order valence-corrected chi connectivity index (χ2v) is 6.16. The molecular formula is C16H21ClN2O2. The lowest BCUT2D eigenvalue weighted by atomic mass is 10.1. The molecule has 0 spiro atoms. The van der Waals surface area contributed by atoms with Crippen molar-refractivity contribution in [1.29, 1.82) is 0 Å². The Morgan fingerprint density at radius 3 is 2.62 bits per heavy atom. The first-order chi connectivity index (χ1) is 10.2. The van der Waals surface area contributed by atoms with Crippen LogP contribution in [0, 0.1) is 0 Å². The summed E-state index contributed by atoms with van der Waals surface area (Å²) < 4.78 is 5.33. The molecule has 1 unspecified atom stereocenters. The lowest BCUT2D eigenvalue weighted by Crippen LogP contribution is -2.48. The average Bonchev–Trinajstić information content (AvgIpc) is 2.98. The summed E-state index contributed by atoms with van der Waals surface area (Å²) >= 11 is 5.94. The largest absolute Gasteiger partial charge is 0.381 e. The highest BCUT2D eigenvalue weighted by Crippen LogP contribution is 2.27. The second-order valence-electron chi connectivity index (χ2n) is 5.72. The third-order valence-electron chi connectivity index (χ3n) is 4.28. The topological polar surface area (TPSA) is 41.6 Å². The number of hydrogen-bond acceptors (Lipinski definition) is 3. The van der Waals surface area contributed by atoms with Crippen molar-refractivity contribution in [3.63, 3.8) is 0 Å². The van der Waals surface area contributed by atoms with E-state index in [1.807, 2.05) is 24.3 Å². The van der Waals surface area contributed by atoms with Crippen LogP contribution in [0.25, 0.3) is 0 Å². The van der Waals surface area contributed by atoms with Gasteiger partial charge in [-0.05, 0) is 49.9 Å². The van der Waals surface area contributed by atoms with Gasteiger partial charge in [-0.1, -0.05) is 11.6 Å². The van der Waals surface area contributed by atoms with Gasteiger partial charge < -0.3 is 15.0 Å². The van der Waals surface area contributed by atoms with Gasteiger partial charge in [0.05, 0.1) is 0 Å². The Morgan fingerprint density at radius 1 is 1.19 bits per heavy atom. The molecule has 2 heterocycles. The normalized spacial score (nSPS) is 23.3. The lowest BCUT2D eigenvalue weighted by molar-refractivity contribution is -0.123. The van der Waals surface area contributed by atoms with Crippen molar-refractivity contribution in [2.24, 2.45) is 0 Å². The number of benzene rings is 1. The highest BCUT2D eigenvalue weighted by atomic mass is 35.5. The fourth-order valence-electron chi connectivity index (χ4n) is 3.12. The van der Waals surface area contributed by atoms with Crippen molar-refractivity contribution in [3.05, 3.63) is 29.3 Å².